The van der Waals surface area contributed by atoms with E-state index in [-0.39, 0.29) is 18.1 Å². The molecule has 0 bridgehead atoms. The van der Waals surface area contributed by atoms with Crippen molar-refractivity contribution in [3.05, 3.63) is 17.7 Å². The topological polar surface area (TPSA) is 55.2 Å². The normalized spacial score (nSPS) is 24.3. The first-order chi connectivity index (χ1) is 7.18. The number of amides is 1. The molecule has 1 unspecified atom stereocenters. The Hall–Kier alpha value is -1.65. The van der Waals surface area contributed by atoms with Crippen molar-refractivity contribution in [3.8, 4) is 0 Å². The molecule has 0 N–H and O–H groups in total. The maximum Gasteiger partial charge on any atom is 0.231 e. The molecule has 1 aromatic rings. The Morgan fingerprint density at radius 1 is 1.47 bits per heavy atom. The minimum absolute atomic E-state index is 0.0142. The van der Waals surface area contributed by atoms with Gasteiger partial charge >= 0.3 is 0 Å². The predicted molar refractivity (Wildman–Crippen MR) is 51.0 cm³/mol. The van der Waals surface area contributed by atoms with Gasteiger partial charge in [0.2, 0.25) is 5.91 Å². The molecule has 0 aliphatic carbocycles. The van der Waals surface area contributed by atoms with E-state index in [0.717, 1.165) is 17.8 Å². The van der Waals surface area contributed by atoms with Crippen LogP contribution in [0.3, 0.4) is 0 Å². The zero-order chi connectivity index (χ0) is 10.6. The van der Waals surface area contributed by atoms with Crippen molar-refractivity contribution in [1.82, 2.24) is 14.5 Å². The largest absolute Gasteiger partial charge is 0.337 e. The molecule has 15 heavy (non-hydrogen) atoms. The highest BCUT2D eigenvalue weighted by Gasteiger charge is 2.44. The van der Waals surface area contributed by atoms with Crippen molar-refractivity contribution < 1.29 is 9.59 Å². The summed E-state index contributed by atoms with van der Waals surface area (Å²) in [5.41, 5.74) is 1.86. The van der Waals surface area contributed by atoms with Crippen molar-refractivity contribution >= 4 is 11.7 Å². The summed E-state index contributed by atoms with van der Waals surface area (Å²) < 4.78 is 1.93. The van der Waals surface area contributed by atoms with Gasteiger partial charge in [-0.2, -0.15) is 0 Å². The van der Waals surface area contributed by atoms with Crippen LogP contribution in [-0.2, 0) is 23.1 Å². The predicted octanol–water partition coefficient (Wildman–Crippen LogP) is -0.181. The van der Waals surface area contributed by atoms with E-state index in [9.17, 15) is 9.59 Å². The number of hydrogen-bond donors (Lipinski definition) is 0. The molecular formula is C10H11N3O2. The number of imidazole rings is 1. The summed E-state index contributed by atoms with van der Waals surface area (Å²) in [5.74, 6) is -0.0686. The molecule has 3 rings (SSSR count). The molecule has 0 aromatic carbocycles. The van der Waals surface area contributed by atoms with E-state index in [1.165, 1.54) is 0 Å². The Morgan fingerprint density at radius 2 is 2.27 bits per heavy atom. The summed E-state index contributed by atoms with van der Waals surface area (Å²) in [5, 5.41) is 0. The van der Waals surface area contributed by atoms with Gasteiger partial charge < -0.3 is 9.47 Å². The first-order valence-corrected chi connectivity index (χ1v) is 5.01. The molecule has 2 aliphatic rings. The van der Waals surface area contributed by atoms with E-state index < -0.39 is 6.04 Å². The highest BCUT2D eigenvalue weighted by atomic mass is 16.2. The Labute approximate surface area is 86.7 Å². The van der Waals surface area contributed by atoms with Gasteiger partial charge in [0.05, 0.1) is 18.4 Å². The van der Waals surface area contributed by atoms with Crippen LogP contribution in [0.4, 0.5) is 0 Å². The average Bonchev–Trinajstić information content (AvgIpc) is 2.70. The molecule has 2 aliphatic heterocycles. The molecule has 0 spiro atoms. The number of nitrogens with zero attached hydrogens (tertiary/aromatic N) is 3. The lowest BCUT2D eigenvalue weighted by atomic mass is 10.0. The molecule has 1 saturated heterocycles. The summed E-state index contributed by atoms with van der Waals surface area (Å²) >= 11 is 0. The van der Waals surface area contributed by atoms with E-state index in [2.05, 4.69) is 4.98 Å². The lowest BCUT2D eigenvalue weighted by Crippen LogP contribution is -2.36. The van der Waals surface area contributed by atoms with E-state index >= 15 is 0 Å². The Bertz CT molecular complexity index is 463. The number of hydrogen-bond acceptors (Lipinski definition) is 3. The lowest BCUT2D eigenvalue weighted by Gasteiger charge is -2.28. The van der Waals surface area contributed by atoms with E-state index in [0.29, 0.717) is 6.54 Å². The lowest BCUT2D eigenvalue weighted by molar-refractivity contribution is -0.129. The van der Waals surface area contributed by atoms with Crippen molar-refractivity contribution in [2.45, 2.75) is 18.9 Å². The van der Waals surface area contributed by atoms with Crippen LogP contribution in [0.1, 0.15) is 23.9 Å². The molecule has 1 atom stereocenters. The second-order valence-electron chi connectivity index (χ2n) is 4.07. The fourth-order valence-electron chi connectivity index (χ4n) is 2.45. The summed E-state index contributed by atoms with van der Waals surface area (Å²) in [6.45, 7) is 0.641. The van der Waals surface area contributed by atoms with Crippen LogP contribution in [0.15, 0.2) is 6.33 Å². The van der Waals surface area contributed by atoms with Crippen LogP contribution in [-0.4, -0.2) is 32.7 Å². The van der Waals surface area contributed by atoms with Crippen LogP contribution < -0.4 is 0 Å². The third-order valence-corrected chi connectivity index (χ3v) is 3.20. The Kier molecular flexibility index (Phi) is 1.55. The third-order valence-electron chi connectivity index (χ3n) is 3.20. The highest BCUT2D eigenvalue weighted by molar-refractivity contribution is 6.08. The molecular weight excluding hydrogens is 194 g/mol. The standard InChI is InChI=1S/C10H11N3O2/c1-12-5-11-9-6(12)2-3-13-8(15)4-7(14)10(9)13/h5,10H,2-4H2,1H3. The Morgan fingerprint density at radius 3 is 3.07 bits per heavy atom. The van der Waals surface area contributed by atoms with Gasteiger partial charge in [0.15, 0.2) is 5.78 Å². The van der Waals surface area contributed by atoms with E-state index in [1.54, 1.807) is 11.2 Å². The summed E-state index contributed by atoms with van der Waals surface area (Å²) in [6, 6.07) is -0.401. The minimum atomic E-state index is -0.401. The third kappa shape index (κ3) is 1.00. The smallest absolute Gasteiger partial charge is 0.231 e. The minimum Gasteiger partial charge on any atom is -0.337 e. The fourth-order valence-corrected chi connectivity index (χ4v) is 2.45. The maximum absolute atomic E-state index is 11.7. The second kappa shape index (κ2) is 2.68. The molecule has 1 amide bonds. The molecule has 5 nitrogen and oxygen atoms in total. The molecule has 0 saturated carbocycles. The van der Waals surface area contributed by atoms with Crippen LogP contribution in [0.25, 0.3) is 0 Å². The van der Waals surface area contributed by atoms with Gasteiger partial charge in [-0.25, -0.2) is 4.98 Å². The second-order valence-corrected chi connectivity index (χ2v) is 4.07. The number of rotatable bonds is 0. The van der Waals surface area contributed by atoms with Crippen molar-refractivity contribution in [2.75, 3.05) is 6.54 Å². The van der Waals surface area contributed by atoms with Gasteiger partial charge in [0.25, 0.3) is 0 Å². The number of fused-ring (bicyclic) bond motifs is 3. The van der Waals surface area contributed by atoms with Gasteiger partial charge in [-0.3, -0.25) is 9.59 Å². The molecule has 78 valence electrons. The Balaban J connectivity index is 2.13. The number of Topliss-reactive ketones (excluding diaryl/α,β-unsaturated/α-hetero) is 1. The van der Waals surface area contributed by atoms with Crippen LogP contribution in [0.2, 0.25) is 0 Å². The molecule has 3 heterocycles. The average molecular weight is 205 g/mol. The quantitative estimate of drug-likeness (QED) is 0.552. The monoisotopic (exact) mass is 205 g/mol. The summed E-state index contributed by atoms with van der Waals surface area (Å²) in [6.07, 6.45) is 2.55. The summed E-state index contributed by atoms with van der Waals surface area (Å²) in [7, 11) is 1.92. The SMILES string of the molecule is Cn1cnc2c1CCN1C(=O)CC(=O)C21. The van der Waals surface area contributed by atoms with E-state index in [1.807, 2.05) is 11.6 Å². The number of aromatic nitrogens is 2. The van der Waals surface area contributed by atoms with Gasteiger partial charge in [-0.15, -0.1) is 0 Å². The van der Waals surface area contributed by atoms with Gasteiger partial charge in [-0.05, 0) is 0 Å². The maximum atomic E-state index is 11.7. The number of aryl methyl sites for hydroxylation is 1. The molecule has 0 radical (unpaired) electrons. The van der Waals surface area contributed by atoms with Crippen molar-refractivity contribution in [3.63, 3.8) is 0 Å². The van der Waals surface area contributed by atoms with Crippen molar-refractivity contribution in [2.24, 2.45) is 7.05 Å². The van der Waals surface area contributed by atoms with Gasteiger partial charge in [-0.1, -0.05) is 0 Å². The first kappa shape index (κ1) is 8.64. The molecule has 5 heteroatoms. The highest BCUT2D eigenvalue weighted by Crippen LogP contribution is 2.34. The van der Waals surface area contributed by atoms with Gasteiger partial charge in [0, 0.05) is 25.7 Å². The van der Waals surface area contributed by atoms with Gasteiger partial charge in [0.1, 0.15) is 6.04 Å². The zero-order valence-electron chi connectivity index (χ0n) is 8.43. The van der Waals surface area contributed by atoms with E-state index in [4.69, 9.17) is 0 Å². The number of carbonyl (C=O) groups excluding carboxylic acids is 2. The number of ketones is 1. The summed E-state index contributed by atoms with van der Waals surface area (Å²) in [4.78, 5) is 29.1. The fraction of sp³-hybridized carbons (Fsp3) is 0.500. The van der Waals surface area contributed by atoms with Crippen LogP contribution in [0, 0.1) is 0 Å². The van der Waals surface area contributed by atoms with Crippen LogP contribution in [0.5, 0.6) is 0 Å². The molecule has 1 aromatic heterocycles. The first-order valence-electron chi connectivity index (χ1n) is 5.01. The van der Waals surface area contributed by atoms with Crippen LogP contribution >= 0.6 is 0 Å². The zero-order valence-corrected chi connectivity index (χ0v) is 8.43. The number of carbonyl (C=O) groups is 2. The van der Waals surface area contributed by atoms with Crippen molar-refractivity contribution in [1.29, 1.82) is 0 Å². The molecule has 1 fully saturated rings.